The monoisotopic (exact) mass is 374 g/mol. The smallest absolute Gasteiger partial charge is 0.281 e. The van der Waals surface area contributed by atoms with Crippen LogP contribution in [-0.2, 0) is 15.0 Å². The fourth-order valence-corrected chi connectivity index (χ4v) is 3.72. The van der Waals surface area contributed by atoms with E-state index in [0.717, 1.165) is 0 Å². The quantitative estimate of drug-likeness (QED) is 0.809. The molecule has 0 aromatic heterocycles. The second kappa shape index (κ2) is 8.26. The molecule has 1 fully saturated rings. The molecule has 0 bridgehead atoms. The highest BCUT2D eigenvalue weighted by molar-refractivity contribution is 7.86. The summed E-state index contributed by atoms with van der Waals surface area (Å²) in [5.74, 6) is -0.105. The molecule has 134 valence electrons. The number of anilines is 1. The van der Waals surface area contributed by atoms with Gasteiger partial charge in [0.1, 0.15) is 0 Å². The van der Waals surface area contributed by atoms with Gasteiger partial charge in [-0.25, -0.2) is 0 Å². The van der Waals surface area contributed by atoms with Crippen molar-refractivity contribution in [3.05, 3.63) is 29.3 Å². The van der Waals surface area contributed by atoms with Gasteiger partial charge in [-0.05, 0) is 12.1 Å². The van der Waals surface area contributed by atoms with Gasteiger partial charge in [-0.1, -0.05) is 23.7 Å². The molecule has 1 N–H and O–H groups in total. The first-order chi connectivity index (χ1) is 11.3. The van der Waals surface area contributed by atoms with Gasteiger partial charge in [-0.15, -0.1) is 0 Å². The number of carbonyl (C=O) groups excluding carboxylic acids is 1. The van der Waals surface area contributed by atoms with E-state index in [1.807, 2.05) is 6.07 Å². The summed E-state index contributed by atoms with van der Waals surface area (Å²) in [4.78, 5) is 14.1. The van der Waals surface area contributed by atoms with E-state index in [2.05, 4.69) is 10.2 Å². The summed E-state index contributed by atoms with van der Waals surface area (Å²) in [5.41, 5.74) is 0.603. The van der Waals surface area contributed by atoms with Crippen molar-refractivity contribution >= 4 is 33.4 Å². The third-order valence-electron chi connectivity index (χ3n) is 3.92. The fraction of sp³-hybridized carbons (Fsp3) is 0.533. The Hall–Kier alpha value is -1.19. The Morgan fingerprint density at radius 3 is 2.42 bits per heavy atom. The predicted molar refractivity (Wildman–Crippen MR) is 95.3 cm³/mol. The number of para-hydroxylation sites is 1. The highest BCUT2D eigenvalue weighted by atomic mass is 35.5. The number of hydrogen-bond donors (Lipinski definition) is 1. The molecular formula is C15H23ClN4O3S. The lowest BCUT2D eigenvalue weighted by Gasteiger charge is -2.34. The molecule has 0 radical (unpaired) electrons. The first-order valence-electron chi connectivity index (χ1n) is 7.75. The summed E-state index contributed by atoms with van der Waals surface area (Å²) in [6, 6.07) is 7.10. The second-order valence-corrected chi connectivity index (χ2v) is 8.36. The van der Waals surface area contributed by atoms with Crippen molar-refractivity contribution in [1.82, 2.24) is 13.5 Å². The Morgan fingerprint density at radius 2 is 1.83 bits per heavy atom. The fourth-order valence-electron chi connectivity index (χ4n) is 2.45. The van der Waals surface area contributed by atoms with Crippen molar-refractivity contribution in [3.63, 3.8) is 0 Å². The second-order valence-electron chi connectivity index (χ2n) is 5.81. The molecule has 0 spiro atoms. The lowest BCUT2D eigenvalue weighted by molar-refractivity contribution is -0.116. The summed E-state index contributed by atoms with van der Waals surface area (Å²) in [5, 5.41) is 3.29. The van der Waals surface area contributed by atoms with Crippen molar-refractivity contribution in [2.45, 2.75) is 6.42 Å². The van der Waals surface area contributed by atoms with E-state index in [9.17, 15) is 13.2 Å². The van der Waals surface area contributed by atoms with Crippen molar-refractivity contribution in [2.24, 2.45) is 0 Å². The van der Waals surface area contributed by atoms with E-state index < -0.39 is 10.2 Å². The average Bonchev–Trinajstić information content (AvgIpc) is 2.55. The van der Waals surface area contributed by atoms with Crippen LogP contribution in [0.1, 0.15) is 6.42 Å². The molecule has 1 aromatic rings. The molecule has 1 heterocycles. The van der Waals surface area contributed by atoms with E-state index >= 15 is 0 Å². The minimum atomic E-state index is -3.35. The maximum Gasteiger partial charge on any atom is 0.281 e. The highest BCUT2D eigenvalue weighted by Crippen LogP contribution is 2.20. The topological polar surface area (TPSA) is 73.0 Å². The minimum absolute atomic E-state index is 0.105. The number of benzene rings is 1. The van der Waals surface area contributed by atoms with Crippen molar-refractivity contribution in [2.75, 3.05) is 52.1 Å². The Balaban J connectivity index is 1.77. The maximum atomic E-state index is 12.0. The third kappa shape index (κ3) is 4.90. The molecule has 1 aliphatic rings. The van der Waals surface area contributed by atoms with Crippen molar-refractivity contribution in [1.29, 1.82) is 0 Å². The van der Waals surface area contributed by atoms with Gasteiger partial charge in [0.05, 0.1) is 10.7 Å². The number of halogens is 1. The van der Waals surface area contributed by atoms with Gasteiger partial charge in [0.15, 0.2) is 0 Å². The Kier molecular flexibility index (Phi) is 6.59. The third-order valence-corrected chi connectivity index (χ3v) is 6.19. The van der Waals surface area contributed by atoms with Gasteiger partial charge in [-0.2, -0.15) is 17.0 Å². The number of amides is 1. The average molecular weight is 375 g/mol. The first-order valence-corrected chi connectivity index (χ1v) is 9.52. The molecule has 0 aliphatic carbocycles. The van der Waals surface area contributed by atoms with Gasteiger partial charge < -0.3 is 10.2 Å². The van der Waals surface area contributed by atoms with Crippen molar-refractivity contribution in [3.8, 4) is 0 Å². The number of rotatable bonds is 6. The number of nitrogens with one attached hydrogen (secondary N) is 1. The van der Waals surface area contributed by atoms with E-state index in [1.54, 1.807) is 18.2 Å². The standard InChI is InChI=1S/C15H23ClN4O3S/c1-18(2)24(22,23)20-11-9-19(10-12-20)8-7-15(21)17-14-6-4-3-5-13(14)16/h3-6H,7-12H2,1-2H3,(H,17,21). The van der Waals surface area contributed by atoms with Crippen LogP contribution in [-0.4, -0.2) is 74.7 Å². The zero-order valence-corrected chi connectivity index (χ0v) is 15.5. The Bertz CT molecular complexity index is 673. The lowest BCUT2D eigenvalue weighted by atomic mass is 10.3. The largest absolute Gasteiger partial charge is 0.325 e. The molecule has 0 unspecified atom stereocenters. The molecule has 0 saturated carbocycles. The zero-order valence-electron chi connectivity index (χ0n) is 13.9. The predicted octanol–water partition coefficient (Wildman–Crippen LogP) is 1.09. The number of nitrogens with zero attached hydrogens (tertiary/aromatic N) is 3. The van der Waals surface area contributed by atoms with Crippen LogP contribution in [0, 0.1) is 0 Å². The molecule has 24 heavy (non-hydrogen) atoms. The van der Waals surface area contributed by atoms with Crippen LogP contribution in [0.25, 0.3) is 0 Å². The normalized spacial score (nSPS) is 17.2. The van der Waals surface area contributed by atoms with Crippen LogP contribution in [0.15, 0.2) is 24.3 Å². The van der Waals surface area contributed by atoms with Crippen LogP contribution in [0.2, 0.25) is 5.02 Å². The van der Waals surface area contributed by atoms with Gasteiger partial charge in [-0.3, -0.25) is 4.79 Å². The number of hydrogen-bond acceptors (Lipinski definition) is 4. The molecular weight excluding hydrogens is 352 g/mol. The van der Waals surface area contributed by atoms with Crippen LogP contribution >= 0.6 is 11.6 Å². The molecule has 1 aliphatic heterocycles. The van der Waals surface area contributed by atoms with Crippen LogP contribution in [0.3, 0.4) is 0 Å². The molecule has 1 saturated heterocycles. The van der Waals surface area contributed by atoms with Crippen LogP contribution in [0.4, 0.5) is 5.69 Å². The van der Waals surface area contributed by atoms with Gasteiger partial charge in [0.25, 0.3) is 10.2 Å². The van der Waals surface area contributed by atoms with E-state index in [4.69, 9.17) is 11.6 Å². The Labute approximate surface area is 148 Å². The van der Waals surface area contributed by atoms with Crippen LogP contribution in [0.5, 0.6) is 0 Å². The molecule has 1 aromatic carbocycles. The maximum absolute atomic E-state index is 12.0. The van der Waals surface area contributed by atoms with E-state index in [1.165, 1.54) is 22.7 Å². The summed E-state index contributed by atoms with van der Waals surface area (Å²) in [6.45, 7) is 2.70. The molecule has 1 amide bonds. The summed E-state index contributed by atoms with van der Waals surface area (Å²) in [6.07, 6.45) is 0.339. The minimum Gasteiger partial charge on any atom is -0.325 e. The lowest BCUT2D eigenvalue weighted by Crippen LogP contribution is -2.51. The van der Waals surface area contributed by atoms with E-state index in [0.29, 0.717) is 49.9 Å². The molecule has 9 heteroatoms. The summed E-state index contributed by atoms with van der Waals surface area (Å²) in [7, 11) is -0.297. The van der Waals surface area contributed by atoms with Crippen LogP contribution < -0.4 is 5.32 Å². The molecule has 0 atom stereocenters. The SMILES string of the molecule is CN(C)S(=O)(=O)N1CCN(CCC(=O)Nc2ccccc2Cl)CC1. The van der Waals surface area contributed by atoms with Gasteiger partial charge in [0.2, 0.25) is 5.91 Å². The van der Waals surface area contributed by atoms with Crippen molar-refractivity contribution < 1.29 is 13.2 Å². The highest BCUT2D eigenvalue weighted by Gasteiger charge is 2.28. The first kappa shape index (κ1) is 19.1. The number of piperazine rings is 1. The molecule has 2 rings (SSSR count). The Morgan fingerprint density at radius 1 is 1.21 bits per heavy atom. The van der Waals surface area contributed by atoms with Gasteiger partial charge in [0, 0.05) is 53.2 Å². The van der Waals surface area contributed by atoms with E-state index in [-0.39, 0.29) is 5.91 Å². The zero-order chi connectivity index (χ0) is 17.7. The summed E-state index contributed by atoms with van der Waals surface area (Å²) >= 11 is 6.01. The molecule has 7 nitrogen and oxygen atoms in total. The number of carbonyl (C=O) groups is 1. The summed E-state index contributed by atoms with van der Waals surface area (Å²) < 4.78 is 26.8. The van der Waals surface area contributed by atoms with Gasteiger partial charge >= 0.3 is 0 Å².